The summed E-state index contributed by atoms with van der Waals surface area (Å²) < 4.78 is 0. The molecule has 2 nitrogen and oxygen atoms in total. The predicted molar refractivity (Wildman–Crippen MR) is 61.5 cm³/mol. The number of rotatable bonds is 2. The zero-order valence-electron chi connectivity index (χ0n) is 6.88. The standard InChI is InChI=1S/C7H8Cl2N2.2ClH/c1-10-4-5-6(8)2-3-11-7(5)9;;/h2-3,10H,4H2,1H3;2*1H. The first kappa shape index (κ1) is 15.7. The number of halogens is 4. The van der Waals surface area contributed by atoms with Crippen LogP contribution in [0.3, 0.4) is 0 Å². The Balaban J connectivity index is 0. The number of pyridine rings is 1. The highest BCUT2D eigenvalue weighted by Gasteiger charge is 2.03. The van der Waals surface area contributed by atoms with Crippen LogP contribution in [-0.2, 0) is 6.54 Å². The van der Waals surface area contributed by atoms with Crippen molar-refractivity contribution in [2.24, 2.45) is 0 Å². The molecule has 1 N–H and O–H groups in total. The van der Waals surface area contributed by atoms with E-state index in [2.05, 4.69) is 10.3 Å². The van der Waals surface area contributed by atoms with Crippen LogP contribution in [0.4, 0.5) is 0 Å². The van der Waals surface area contributed by atoms with Gasteiger partial charge in [-0.3, -0.25) is 0 Å². The van der Waals surface area contributed by atoms with E-state index in [4.69, 9.17) is 23.2 Å². The first-order chi connectivity index (χ1) is 5.25. The molecular weight excluding hydrogens is 254 g/mol. The number of aromatic nitrogens is 1. The molecular formula is C7H10Cl4N2. The van der Waals surface area contributed by atoms with E-state index in [1.165, 1.54) is 0 Å². The molecule has 0 amide bonds. The molecule has 0 aliphatic heterocycles. The van der Waals surface area contributed by atoms with Crippen LogP contribution in [0.2, 0.25) is 10.2 Å². The van der Waals surface area contributed by atoms with Gasteiger partial charge in [-0.15, -0.1) is 24.8 Å². The van der Waals surface area contributed by atoms with Crippen LogP contribution in [0.25, 0.3) is 0 Å². The van der Waals surface area contributed by atoms with Gasteiger partial charge in [0.2, 0.25) is 0 Å². The molecule has 0 spiro atoms. The van der Waals surface area contributed by atoms with E-state index in [-0.39, 0.29) is 24.8 Å². The molecule has 0 unspecified atom stereocenters. The molecule has 0 atom stereocenters. The Morgan fingerprint density at radius 2 is 2.00 bits per heavy atom. The minimum absolute atomic E-state index is 0. The van der Waals surface area contributed by atoms with Crippen molar-refractivity contribution in [3.05, 3.63) is 28.0 Å². The van der Waals surface area contributed by atoms with E-state index in [0.29, 0.717) is 16.7 Å². The predicted octanol–water partition coefficient (Wildman–Crippen LogP) is 2.95. The molecule has 0 bridgehead atoms. The van der Waals surface area contributed by atoms with Crippen LogP contribution < -0.4 is 5.32 Å². The second-order valence-corrected chi connectivity index (χ2v) is 2.86. The lowest BCUT2D eigenvalue weighted by Gasteiger charge is -2.03. The molecule has 6 heteroatoms. The molecule has 1 heterocycles. The second kappa shape index (κ2) is 7.65. The summed E-state index contributed by atoms with van der Waals surface area (Å²) in [7, 11) is 1.83. The van der Waals surface area contributed by atoms with Crippen molar-refractivity contribution in [2.45, 2.75) is 6.54 Å². The molecule has 1 rings (SSSR count). The van der Waals surface area contributed by atoms with Crippen LogP contribution in [0, 0.1) is 0 Å². The first-order valence-corrected chi connectivity index (χ1v) is 3.94. The van der Waals surface area contributed by atoms with E-state index in [1.807, 2.05) is 7.05 Å². The fourth-order valence-electron chi connectivity index (χ4n) is 0.779. The normalized spacial score (nSPS) is 8.54. The summed E-state index contributed by atoms with van der Waals surface area (Å²) in [5.41, 5.74) is 0.846. The summed E-state index contributed by atoms with van der Waals surface area (Å²) in [5, 5.41) is 4.07. The third-order valence-electron chi connectivity index (χ3n) is 1.30. The zero-order valence-corrected chi connectivity index (χ0v) is 10.0. The first-order valence-electron chi connectivity index (χ1n) is 3.19. The number of hydrogen-bond acceptors (Lipinski definition) is 2. The highest BCUT2D eigenvalue weighted by molar-refractivity contribution is 6.35. The van der Waals surface area contributed by atoms with Crippen molar-refractivity contribution < 1.29 is 0 Å². The highest BCUT2D eigenvalue weighted by Crippen LogP contribution is 2.21. The minimum Gasteiger partial charge on any atom is -0.316 e. The molecule has 0 aromatic carbocycles. The summed E-state index contributed by atoms with van der Waals surface area (Å²) in [6.07, 6.45) is 1.59. The van der Waals surface area contributed by atoms with Gasteiger partial charge in [-0.2, -0.15) is 0 Å². The van der Waals surface area contributed by atoms with Crippen LogP contribution in [0.15, 0.2) is 12.3 Å². The second-order valence-electron chi connectivity index (χ2n) is 2.09. The van der Waals surface area contributed by atoms with Crippen LogP contribution in [-0.4, -0.2) is 12.0 Å². The Labute approximate surface area is 99.8 Å². The monoisotopic (exact) mass is 262 g/mol. The molecule has 0 fully saturated rings. The van der Waals surface area contributed by atoms with Gasteiger partial charge in [0.1, 0.15) is 5.15 Å². The Bertz CT molecular complexity index is 234. The van der Waals surface area contributed by atoms with Gasteiger partial charge in [-0.1, -0.05) is 23.2 Å². The third-order valence-corrected chi connectivity index (χ3v) is 1.98. The minimum atomic E-state index is 0. The van der Waals surface area contributed by atoms with Gasteiger partial charge in [-0.25, -0.2) is 4.98 Å². The van der Waals surface area contributed by atoms with Gasteiger partial charge in [0.05, 0.1) is 0 Å². The average Bonchev–Trinajstić information content (AvgIpc) is 1.97. The van der Waals surface area contributed by atoms with E-state index in [1.54, 1.807) is 12.3 Å². The molecule has 0 aliphatic rings. The average molecular weight is 264 g/mol. The fourth-order valence-corrected chi connectivity index (χ4v) is 1.27. The molecule has 0 saturated heterocycles. The van der Waals surface area contributed by atoms with Crippen molar-refractivity contribution in [1.29, 1.82) is 0 Å². The molecule has 0 saturated carbocycles. The number of hydrogen-bond donors (Lipinski definition) is 1. The van der Waals surface area contributed by atoms with Crippen molar-refractivity contribution >= 4 is 48.0 Å². The lowest BCUT2D eigenvalue weighted by Crippen LogP contribution is -2.06. The Morgan fingerprint density at radius 3 is 2.46 bits per heavy atom. The lowest BCUT2D eigenvalue weighted by atomic mass is 10.3. The molecule has 1 aromatic rings. The van der Waals surface area contributed by atoms with E-state index in [0.717, 1.165) is 5.56 Å². The molecule has 0 radical (unpaired) electrons. The number of nitrogens with zero attached hydrogens (tertiary/aromatic N) is 1. The molecule has 76 valence electrons. The van der Waals surface area contributed by atoms with E-state index in [9.17, 15) is 0 Å². The van der Waals surface area contributed by atoms with Gasteiger partial charge in [0.15, 0.2) is 0 Å². The van der Waals surface area contributed by atoms with Gasteiger partial charge >= 0.3 is 0 Å². The van der Waals surface area contributed by atoms with Crippen LogP contribution >= 0.6 is 48.0 Å². The maximum absolute atomic E-state index is 5.84. The summed E-state index contributed by atoms with van der Waals surface area (Å²) in [5.74, 6) is 0. The Kier molecular flexibility index (Phi) is 9.26. The largest absolute Gasteiger partial charge is 0.316 e. The number of nitrogens with one attached hydrogen (secondary N) is 1. The van der Waals surface area contributed by atoms with Crippen molar-refractivity contribution in [3.8, 4) is 0 Å². The maximum atomic E-state index is 5.84. The lowest BCUT2D eigenvalue weighted by molar-refractivity contribution is 0.814. The van der Waals surface area contributed by atoms with Gasteiger partial charge in [0.25, 0.3) is 0 Å². The molecule has 0 aliphatic carbocycles. The smallest absolute Gasteiger partial charge is 0.134 e. The van der Waals surface area contributed by atoms with E-state index < -0.39 is 0 Å². The van der Waals surface area contributed by atoms with Gasteiger partial charge < -0.3 is 5.32 Å². The van der Waals surface area contributed by atoms with Gasteiger partial charge in [-0.05, 0) is 13.1 Å². The zero-order chi connectivity index (χ0) is 8.27. The van der Waals surface area contributed by atoms with Crippen LogP contribution in [0.5, 0.6) is 0 Å². The van der Waals surface area contributed by atoms with Crippen LogP contribution in [0.1, 0.15) is 5.56 Å². The van der Waals surface area contributed by atoms with Crippen molar-refractivity contribution in [3.63, 3.8) is 0 Å². The third kappa shape index (κ3) is 4.34. The summed E-state index contributed by atoms with van der Waals surface area (Å²) in [6.45, 7) is 0.644. The Morgan fingerprint density at radius 1 is 1.38 bits per heavy atom. The van der Waals surface area contributed by atoms with Crippen molar-refractivity contribution in [1.82, 2.24) is 10.3 Å². The fraction of sp³-hybridized carbons (Fsp3) is 0.286. The van der Waals surface area contributed by atoms with Gasteiger partial charge in [0, 0.05) is 23.3 Å². The molecule has 1 aromatic heterocycles. The summed E-state index contributed by atoms with van der Waals surface area (Å²) in [4.78, 5) is 3.90. The maximum Gasteiger partial charge on any atom is 0.134 e. The highest BCUT2D eigenvalue weighted by atomic mass is 35.5. The Hall–Kier alpha value is 0.270. The topological polar surface area (TPSA) is 24.9 Å². The summed E-state index contributed by atoms with van der Waals surface area (Å²) in [6, 6.07) is 1.72. The molecule has 13 heavy (non-hydrogen) atoms. The van der Waals surface area contributed by atoms with E-state index >= 15 is 0 Å². The quantitative estimate of drug-likeness (QED) is 0.830. The van der Waals surface area contributed by atoms with Crippen molar-refractivity contribution in [2.75, 3.05) is 7.05 Å². The summed E-state index contributed by atoms with van der Waals surface area (Å²) >= 11 is 11.6. The SMILES string of the molecule is CNCc1c(Cl)ccnc1Cl.Cl.Cl.